The third-order valence-corrected chi connectivity index (χ3v) is 4.94. The maximum absolute atomic E-state index is 13.0. The van der Waals surface area contributed by atoms with Gasteiger partial charge in [-0.3, -0.25) is 4.79 Å². The molecule has 1 N–H and O–H groups in total. The highest BCUT2D eigenvalue weighted by Gasteiger charge is 2.22. The molecule has 0 spiro atoms. The molecule has 2 heterocycles. The number of nitrogens with zero attached hydrogens (tertiary/aromatic N) is 2. The second-order valence-electron chi connectivity index (χ2n) is 6.65. The Hall–Kier alpha value is -1.46. The Morgan fingerprint density at radius 1 is 1.09 bits per heavy atom. The molecule has 0 atom stereocenters. The molecular formula is C18H26FN3O. The zero-order chi connectivity index (χ0) is 16.1. The van der Waals surface area contributed by atoms with Crippen molar-refractivity contribution in [2.24, 2.45) is 5.92 Å². The van der Waals surface area contributed by atoms with Crippen LogP contribution < -0.4 is 5.32 Å². The number of amides is 1. The minimum Gasteiger partial charge on any atom is -0.337 e. The number of piperidine rings is 1. The summed E-state index contributed by atoms with van der Waals surface area (Å²) in [5.74, 6) is 0.509. The topological polar surface area (TPSA) is 35.6 Å². The van der Waals surface area contributed by atoms with E-state index < -0.39 is 0 Å². The summed E-state index contributed by atoms with van der Waals surface area (Å²) >= 11 is 0. The zero-order valence-electron chi connectivity index (χ0n) is 13.6. The number of halogens is 1. The summed E-state index contributed by atoms with van der Waals surface area (Å²) in [5.41, 5.74) is 0.582. The molecule has 0 bridgehead atoms. The van der Waals surface area contributed by atoms with Crippen molar-refractivity contribution in [2.45, 2.75) is 19.3 Å². The third kappa shape index (κ3) is 4.52. The van der Waals surface area contributed by atoms with Crippen molar-refractivity contribution in [1.29, 1.82) is 0 Å². The SMILES string of the molecule is O=C(c1ccc(F)cc1)N1CCCN(CC2CCNCC2)CC1. The largest absolute Gasteiger partial charge is 0.337 e. The summed E-state index contributed by atoms with van der Waals surface area (Å²) < 4.78 is 13.0. The molecule has 1 aromatic rings. The van der Waals surface area contributed by atoms with Crippen molar-refractivity contribution >= 4 is 5.91 Å². The molecule has 4 nitrogen and oxygen atoms in total. The van der Waals surface area contributed by atoms with Crippen LogP contribution in [0, 0.1) is 11.7 Å². The fraction of sp³-hybridized carbons (Fsp3) is 0.611. The summed E-state index contributed by atoms with van der Waals surface area (Å²) in [7, 11) is 0. The first kappa shape index (κ1) is 16.4. The maximum atomic E-state index is 13.0. The molecule has 2 fully saturated rings. The number of carbonyl (C=O) groups is 1. The Morgan fingerprint density at radius 2 is 1.83 bits per heavy atom. The molecular weight excluding hydrogens is 293 g/mol. The van der Waals surface area contributed by atoms with E-state index in [9.17, 15) is 9.18 Å². The highest BCUT2D eigenvalue weighted by atomic mass is 19.1. The average molecular weight is 319 g/mol. The van der Waals surface area contributed by atoms with Crippen LogP contribution in [0.25, 0.3) is 0 Å². The standard InChI is InChI=1S/C18H26FN3O/c19-17-4-2-16(3-5-17)18(23)22-11-1-10-21(12-13-22)14-15-6-8-20-9-7-15/h2-5,15,20H,1,6-14H2. The molecule has 0 saturated carbocycles. The summed E-state index contributed by atoms with van der Waals surface area (Å²) in [4.78, 5) is 17.0. The van der Waals surface area contributed by atoms with Crippen molar-refractivity contribution in [1.82, 2.24) is 15.1 Å². The lowest BCUT2D eigenvalue weighted by molar-refractivity contribution is 0.0760. The van der Waals surface area contributed by atoms with E-state index in [1.54, 1.807) is 12.1 Å². The Bertz CT molecular complexity index is 514. The first-order valence-electron chi connectivity index (χ1n) is 8.70. The molecule has 2 aliphatic rings. The van der Waals surface area contributed by atoms with Crippen LogP contribution in [-0.2, 0) is 0 Å². The first-order chi connectivity index (χ1) is 11.2. The van der Waals surface area contributed by atoms with E-state index in [0.29, 0.717) is 5.56 Å². The summed E-state index contributed by atoms with van der Waals surface area (Å²) in [6.45, 7) is 6.98. The minimum atomic E-state index is -0.300. The van der Waals surface area contributed by atoms with E-state index in [1.165, 1.54) is 25.0 Å². The van der Waals surface area contributed by atoms with Crippen LogP contribution in [0.4, 0.5) is 4.39 Å². The van der Waals surface area contributed by atoms with Crippen molar-refractivity contribution < 1.29 is 9.18 Å². The Balaban J connectivity index is 1.53. The molecule has 1 aromatic carbocycles. The number of hydrogen-bond donors (Lipinski definition) is 1. The van der Waals surface area contributed by atoms with Crippen molar-refractivity contribution in [3.05, 3.63) is 35.6 Å². The van der Waals surface area contributed by atoms with Crippen LogP contribution in [0.5, 0.6) is 0 Å². The lowest BCUT2D eigenvalue weighted by Crippen LogP contribution is -2.39. The van der Waals surface area contributed by atoms with Crippen molar-refractivity contribution in [3.63, 3.8) is 0 Å². The van der Waals surface area contributed by atoms with E-state index in [4.69, 9.17) is 0 Å². The van der Waals surface area contributed by atoms with E-state index in [0.717, 1.165) is 58.2 Å². The molecule has 2 saturated heterocycles. The minimum absolute atomic E-state index is 0.0220. The highest BCUT2D eigenvalue weighted by molar-refractivity contribution is 5.94. The molecule has 1 amide bonds. The van der Waals surface area contributed by atoms with Crippen molar-refractivity contribution in [2.75, 3.05) is 45.8 Å². The van der Waals surface area contributed by atoms with Gasteiger partial charge in [0.1, 0.15) is 5.82 Å². The monoisotopic (exact) mass is 319 g/mol. The molecule has 0 unspecified atom stereocenters. The van der Waals surface area contributed by atoms with E-state index in [1.807, 2.05) is 4.90 Å². The van der Waals surface area contributed by atoms with Gasteiger partial charge in [-0.25, -0.2) is 4.39 Å². The Labute approximate surface area is 137 Å². The molecule has 2 aliphatic heterocycles. The van der Waals surface area contributed by atoms with Gasteiger partial charge in [0.2, 0.25) is 0 Å². The second-order valence-corrected chi connectivity index (χ2v) is 6.65. The molecule has 0 aromatic heterocycles. The lowest BCUT2D eigenvalue weighted by Gasteiger charge is -2.29. The van der Waals surface area contributed by atoms with Gasteiger partial charge < -0.3 is 15.1 Å². The Morgan fingerprint density at radius 3 is 2.57 bits per heavy atom. The fourth-order valence-electron chi connectivity index (χ4n) is 3.56. The quantitative estimate of drug-likeness (QED) is 0.925. The van der Waals surface area contributed by atoms with Crippen LogP contribution in [0.15, 0.2) is 24.3 Å². The molecule has 126 valence electrons. The lowest BCUT2D eigenvalue weighted by atomic mass is 9.97. The molecule has 0 aliphatic carbocycles. The molecule has 23 heavy (non-hydrogen) atoms. The molecule has 3 rings (SSSR count). The summed E-state index contributed by atoms with van der Waals surface area (Å²) in [6, 6.07) is 5.87. The third-order valence-electron chi connectivity index (χ3n) is 4.94. The van der Waals surface area contributed by atoms with Crippen LogP contribution in [-0.4, -0.2) is 61.5 Å². The first-order valence-corrected chi connectivity index (χ1v) is 8.70. The van der Waals surface area contributed by atoms with Gasteiger partial charge in [-0.2, -0.15) is 0 Å². The average Bonchev–Trinajstić information content (AvgIpc) is 2.81. The van der Waals surface area contributed by atoms with Crippen LogP contribution >= 0.6 is 0 Å². The van der Waals surface area contributed by atoms with E-state index >= 15 is 0 Å². The summed E-state index contributed by atoms with van der Waals surface area (Å²) in [6.07, 6.45) is 3.53. The second kappa shape index (κ2) is 7.88. The van der Waals surface area contributed by atoms with Gasteiger partial charge in [0.25, 0.3) is 5.91 Å². The highest BCUT2D eigenvalue weighted by Crippen LogP contribution is 2.16. The van der Waals surface area contributed by atoms with Crippen LogP contribution in [0.2, 0.25) is 0 Å². The van der Waals surface area contributed by atoms with Gasteiger partial charge in [-0.05, 0) is 69.1 Å². The molecule has 0 radical (unpaired) electrons. The van der Waals surface area contributed by atoms with Gasteiger partial charge in [0.05, 0.1) is 0 Å². The van der Waals surface area contributed by atoms with E-state index in [2.05, 4.69) is 10.2 Å². The Kier molecular flexibility index (Phi) is 5.62. The number of hydrogen-bond acceptors (Lipinski definition) is 3. The smallest absolute Gasteiger partial charge is 0.253 e. The van der Waals surface area contributed by atoms with Gasteiger partial charge in [-0.1, -0.05) is 0 Å². The zero-order valence-corrected chi connectivity index (χ0v) is 13.6. The predicted octanol–water partition coefficient (Wildman–Crippen LogP) is 1.97. The van der Waals surface area contributed by atoms with Crippen LogP contribution in [0.1, 0.15) is 29.6 Å². The van der Waals surface area contributed by atoms with Crippen molar-refractivity contribution in [3.8, 4) is 0 Å². The number of carbonyl (C=O) groups excluding carboxylic acids is 1. The van der Waals surface area contributed by atoms with Gasteiger partial charge in [0, 0.05) is 31.7 Å². The number of rotatable bonds is 3. The van der Waals surface area contributed by atoms with Gasteiger partial charge >= 0.3 is 0 Å². The maximum Gasteiger partial charge on any atom is 0.253 e. The van der Waals surface area contributed by atoms with Crippen LogP contribution in [0.3, 0.4) is 0 Å². The fourth-order valence-corrected chi connectivity index (χ4v) is 3.56. The molecule has 5 heteroatoms. The number of nitrogens with one attached hydrogen (secondary N) is 1. The summed E-state index contributed by atoms with van der Waals surface area (Å²) in [5, 5.41) is 3.41. The predicted molar refractivity (Wildman–Crippen MR) is 89.0 cm³/mol. The number of benzene rings is 1. The normalized spacial score (nSPS) is 21.2. The van der Waals surface area contributed by atoms with E-state index in [-0.39, 0.29) is 11.7 Å². The van der Waals surface area contributed by atoms with Gasteiger partial charge in [-0.15, -0.1) is 0 Å². The van der Waals surface area contributed by atoms with Gasteiger partial charge in [0.15, 0.2) is 0 Å².